The second-order valence-corrected chi connectivity index (χ2v) is 10.4. The van der Waals surface area contributed by atoms with E-state index in [1.165, 1.54) is 24.4 Å². The molecule has 4 unspecified atom stereocenters. The molecule has 0 radical (unpaired) electrons. The monoisotopic (exact) mass is 601 g/mol. The Balaban J connectivity index is 1.78. The Labute approximate surface area is 221 Å². The summed E-state index contributed by atoms with van der Waals surface area (Å²) >= 11 is 3.09. The fourth-order valence-corrected chi connectivity index (χ4v) is 5.50. The van der Waals surface area contributed by atoms with E-state index in [9.17, 15) is 24.1 Å². The second kappa shape index (κ2) is 13.3. The van der Waals surface area contributed by atoms with Crippen molar-refractivity contribution in [2.45, 2.75) is 50.7 Å². The summed E-state index contributed by atoms with van der Waals surface area (Å²) in [5, 5.41) is 13.2. The van der Waals surface area contributed by atoms with E-state index in [2.05, 4.69) is 26.0 Å². The summed E-state index contributed by atoms with van der Waals surface area (Å²) in [6, 6.07) is 7.29. The number of aromatic nitrogens is 2. The minimum atomic E-state index is -4.17. The van der Waals surface area contributed by atoms with Crippen molar-refractivity contribution in [3.05, 3.63) is 67.9 Å². The summed E-state index contributed by atoms with van der Waals surface area (Å²) in [6.45, 7) is 1.46. The van der Waals surface area contributed by atoms with Gasteiger partial charge in [0, 0.05) is 12.6 Å². The van der Waals surface area contributed by atoms with Crippen molar-refractivity contribution < 1.29 is 33.0 Å². The molecular formula is C23H29BrN3O9P. The van der Waals surface area contributed by atoms with E-state index in [4.69, 9.17) is 18.5 Å². The molecule has 1 aliphatic rings. The average molecular weight is 602 g/mol. The van der Waals surface area contributed by atoms with Gasteiger partial charge in [-0.1, -0.05) is 47.5 Å². The van der Waals surface area contributed by atoms with Gasteiger partial charge >= 0.3 is 19.4 Å². The van der Waals surface area contributed by atoms with Gasteiger partial charge in [-0.2, -0.15) is 5.09 Å². The topological polar surface area (TPSA) is 158 Å². The third-order valence-corrected chi connectivity index (χ3v) is 7.34. The highest BCUT2D eigenvalue weighted by Gasteiger charge is 2.40. The minimum Gasteiger partial charge on any atom is -0.468 e. The predicted molar refractivity (Wildman–Crippen MR) is 138 cm³/mol. The quantitative estimate of drug-likeness (QED) is 0.244. The third kappa shape index (κ3) is 7.73. The summed E-state index contributed by atoms with van der Waals surface area (Å²) in [5.41, 5.74) is -1.09. The van der Waals surface area contributed by atoms with Crippen LogP contribution in [0.15, 0.2) is 51.1 Å². The number of hydrogen-bond acceptors (Lipinski definition) is 9. The Kier molecular flexibility index (Phi) is 10.4. The number of aliphatic hydroxyl groups is 1. The van der Waals surface area contributed by atoms with E-state index >= 15 is 0 Å². The SMILES string of the molecule is CCC[C@H](NP(=O)(OCC1OC(n2cc(/C=C/Br)c(=O)[nH]c2=O)CC1O)Oc1ccccc1)C(=O)OC. The zero-order valence-corrected chi connectivity index (χ0v) is 22.7. The van der Waals surface area contributed by atoms with Gasteiger partial charge in [-0.05, 0) is 29.6 Å². The lowest BCUT2D eigenvalue weighted by Crippen LogP contribution is -2.38. The highest BCUT2D eigenvalue weighted by molar-refractivity contribution is 9.11. The largest absolute Gasteiger partial charge is 0.468 e. The van der Waals surface area contributed by atoms with Gasteiger partial charge in [0.15, 0.2) is 0 Å². The van der Waals surface area contributed by atoms with Gasteiger partial charge in [0.05, 0.1) is 25.4 Å². The first-order chi connectivity index (χ1) is 17.7. The van der Waals surface area contributed by atoms with Crippen molar-refractivity contribution in [1.82, 2.24) is 14.6 Å². The Hall–Kier alpha value is -2.54. The molecule has 0 bridgehead atoms. The standard InChI is InChI=1S/C23H29BrN3O9P/c1-3-7-17(22(30)33-2)26-37(32,36-16-8-5-4-6-9-16)34-14-19-18(28)12-20(35-19)27-13-15(10-11-24)21(29)25-23(27)31/h4-6,8-11,13,17-20,28H,3,7,12,14H2,1-2H3,(H,26,32)(H,25,29,31)/b11-10+/t17-,18?,19?,20?,37?/m0/s1. The van der Waals surface area contributed by atoms with E-state index in [0.29, 0.717) is 12.8 Å². The number of methoxy groups -OCH3 is 1. The van der Waals surface area contributed by atoms with Crippen molar-refractivity contribution in [3.8, 4) is 5.75 Å². The lowest BCUT2D eigenvalue weighted by Gasteiger charge is -2.25. The molecule has 12 nitrogen and oxygen atoms in total. The van der Waals surface area contributed by atoms with Crippen LogP contribution in [0.4, 0.5) is 0 Å². The average Bonchev–Trinajstić information content (AvgIpc) is 3.24. The number of carbonyl (C=O) groups is 1. The Morgan fingerprint density at radius 2 is 2.11 bits per heavy atom. The van der Waals surface area contributed by atoms with Crippen molar-refractivity contribution in [1.29, 1.82) is 0 Å². The number of ether oxygens (including phenoxy) is 2. The highest BCUT2D eigenvalue weighted by atomic mass is 79.9. The van der Waals surface area contributed by atoms with Crippen LogP contribution in [0.3, 0.4) is 0 Å². The van der Waals surface area contributed by atoms with Crippen LogP contribution in [-0.4, -0.2) is 52.6 Å². The smallest absolute Gasteiger partial charge is 0.459 e. The molecule has 1 aliphatic heterocycles. The lowest BCUT2D eigenvalue weighted by molar-refractivity contribution is -0.142. The van der Waals surface area contributed by atoms with Crippen molar-refractivity contribution in [2.24, 2.45) is 0 Å². The molecule has 1 aromatic carbocycles. The van der Waals surface area contributed by atoms with E-state index in [-0.39, 0.29) is 24.3 Å². The molecule has 0 aliphatic carbocycles. The number of aliphatic hydroxyl groups excluding tert-OH is 1. The molecule has 1 aromatic heterocycles. The van der Waals surface area contributed by atoms with E-state index < -0.39 is 49.4 Å². The molecule has 2 heterocycles. The maximum Gasteiger partial charge on any atom is 0.459 e. The molecule has 202 valence electrons. The molecule has 0 spiro atoms. The molecule has 0 amide bonds. The first-order valence-corrected chi connectivity index (χ1v) is 14.0. The molecule has 5 atom stereocenters. The molecule has 37 heavy (non-hydrogen) atoms. The maximum atomic E-state index is 13.7. The molecule has 1 fully saturated rings. The number of carbonyl (C=O) groups excluding carboxylic acids is 1. The molecule has 1 saturated heterocycles. The number of nitrogens with zero attached hydrogens (tertiary/aromatic N) is 1. The van der Waals surface area contributed by atoms with Crippen LogP contribution < -0.4 is 20.9 Å². The van der Waals surface area contributed by atoms with Gasteiger partial charge in [0.1, 0.15) is 24.1 Å². The fourth-order valence-electron chi connectivity index (χ4n) is 3.68. The number of H-pyrrole nitrogens is 1. The Morgan fingerprint density at radius 3 is 2.76 bits per heavy atom. The van der Waals surface area contributed by atoms with Gasteiger partial charge in [-0.3, -0.25) is 23.7 Å². The number of benzene rings is 1. The molecular weight excluding hydrogens is 573 g/mol. The zero-order chi connectivity index (χ0) is 27.0. The third-order valence-electron chi connectivity index (χ3n) is 5.51. The molecule has 3 N–H and O–H groups in total. The molecule has 2 aromatic rings. The molecule has 3 rings (SSSR count). The van der Waals surface area contributed by atoms with Crippen molar-refractivity contribution in [3.63, 3.8) is 0 Å². The number of aromatic amines is 1. The van der Waals surface area contributed by atoms with E-state index in [0.717, 1.165) is 4.57 Å². The fraction of sp³-hybridized carbons (Fsp3) is 0.435. The number of para-hydroxylation sites is 1. The van der Waals surface area contributed by atoms with Gasteiger partial charge in [-0.15, -0.1) is 0 Å². The van der Waals surface area contributed by atoms with Crippen LogP contribution in [0, 0.1) is 0 Å². The Morgan fingerprint density at radius 1 is 1.38 bits per heavy atom. The van der Waals surface area contributed by atoms with Crippen LogP contribution in [0.1, 0.15) is 38.0 Å². The van der Waals surface area contributed by atoms with Crippen LogP contribution >= 0.6 is 23.7 Å². The number of rotatable bonds is 12. The number of esters is 1. The highest BCUT2D eigenvalue weighted by Crippen LogP contribution is 2.46. The predicted octanol–water partition coefficient (Wildman–Crippen LogP) is 2.69. The minimum absolute atomic E-state index is 0.00926. The van der Waals surface area contributed by atoms with Crippen LogP contribution in [0.25, 0.3) is 6.08 Å². The summed E-state index contributed by atoms with van der Waals surface area (Å²) in [6.07, 6.45) is 0.685. The summed E-state index contributed by atoms with van der Waals surface area (Å²) in [4.78, 5) is 40.2. The van der Waals surface area contributed by atoms with Gasteiger partial charge < -0.3 is 19.1 Å². The molecule has 14 heteroatoms. The number of hydrogen-bond donors (Lipinski definition) is 3. The Bertz CT molecular complexity index is 1250. The van der Waals surface area contributed by atoms with Crippen LogP contribution in [-0.2, 0) is 23.4 Å². The van der Waals surface area contributed by atoms with Crippen molar-refractivity contribution in [2.75, 3.05) is 13.7 Å². The summed E-state index contributed by atoms with van der Waals surface area (Å²) in [5.74, 6) is -0.401. The van der Waals surface area contributed by atoms with E-state index in [1.54, 1.807) is 30.3 Å². The van der Waals surface area contributed by atoms with Gasteiger partial charge in [0.2, 0.25) is 0 Å². The maximum absolute atomic E-state index is 13.7. The first kappa shape index (κ1) is 29.0. The zero-order valence-electron chi connectivity index (χ0n) is 20.2. The van der Waals surface area contributed by atoms with Crippen LogP contribution in [0.2, 0.25) is 0 Å². The number of halogens is 1. The van der Waals surface area contributed by atoms with Crippen LogP contribution in [0.5, 0.6) is 5.75 Å². The first-order valence-electron chi connectivity index (χ1n) is 11.5. The van der Waals surface area contributed by atoms with Gasteiger partial charge in [0.25, 0.3) is 5.56 Å². The summed E-state index contributed by atoms with van der Waals surface area (Å²) < 4.78 is 36.7. The molecule has 0 saturated carbocycles. The normalized spacial score (nSPS) is 22.0. The lowest BCUT2D eigenvalue weighted by atomic mass is 10.2. The summed E-state index contributed by atoms with van der Waals surface area (Å²) in [7, 11) is -2.95. The second-order valence-electron chi connectivity index (χ2n) is 8.17. The van der Waals surface area contributed by atoms with E-state index in [1.807, 2.05) is 6.92 Å². The van der Waals surface area contributed by atoms with Crippen molar-refractivity contribution >= 4 is 35.7 Å². The van der Waals surface area contributed by atoms with Gasteiger partial charge in [-0.25, -0.2) is 9.36 Å². The number of nitrogens with one attached hydrogen (secondary N) is 2.